The van der Waals surface area contributed by atoms with Gasteiger partial charge in [0.15, 0.2) is 5.72 Å². The summed E-state index contributed by atoms with van der Waals surface area (Å²) in [5, 5.41) is 0. The van der Waals surface area contributed by atoms with Crippen LogP contribution in [0.4, 0.5) is 0 Å². The molecule has 0 fully saturated rings. The zero-order valence-corrected chi connectivity index (χ0v) is 6.37. The van der Waals surface area contributed by atoms with Crippen molar-refractivity contribution in [1.29, 1.82) is 0 Å². The highest BCUT2D eigenvalue weighted by molar-refractivity contribution is 5.70. The molecule has 1 aliphatic rings. The maximum atomic E-state index is 10.8. The molecule has 0 saturated carbocycles. The lowest BCUT2D eigenvalue weighted by molar-refractivity contribution is -0.145. The van der Waals surface area contributed by atoms with E-state index in [9.17, 15) is 4.79 Å². The zero-order valence-electron chi connectivity index (χ0n) is 6.37. The first-order valence-electron chi connectivity index (χ1n) is 3.35. The van der Waals surface area contributed by atoms with Crippen LogP contribution in [0.25, 0.3) is 0 Å². The van der Waals surface area contributed by atoms with E-state index in [1.54, 1.807) is 6.08 Å². The Morgan fingerprint density at radius 1 is 1.91 bits per heavy atom. The molecule has 0 spiro atoms. The van der Waals surface area contributed by atoms with Crippen LogP contribution in [0.15, 0.2) is 12.3 Å². The molecule has 4 nitrogen and oxygen atoms in total. The van der Waals surface area contributed by atoms with Gasteiger partial charge in [-0.3, -0.25) is 10.5 Å². The molecule has 0 radical (unpaired) electrons. The average Bonchev–Trinajstić information content (AvgIpc) is 2.36. The van der Waals surface area contributed by atoms with Crippen molar-refractivity contribution < 1.29 is 14.3 Å². The lowest BCUT2D eigenvalue weighted by Gasteiger charge is -2.21. The fraction of sp³-hybridized carbons (Fsp3) is 0.571. The van der Waals surface area contributed by atoms with E-state index in [4.69, 9.17) is 10.5 Å². The van der Waals surface area contributed by atoms with E-state index in [-0.39, 0.29) is 12.4 Å². The molecule has 0 aromatic carbocycles. The van der Waals surface area contributed by atoms with Gasteiger partial charge in [0, 0.05) is 6.42 Å². The van der Waals surface area contributed by atoms with Crippen LogP contribution in [0.2, 0.25) is 0 Å². The number of carbonyl (C=O) groups excluding carboxylic acids is 1. The summed E-state index contributed by atoms with van der Waals surface area (Å²) in [6.07, 6.45) is 3.94. The molecule has 11 heavy (non-hydrogen) atoms. The molecular weight excluding hydrogens is 146 g/mol. The van der Waals surface area contributed by atoms with Crippen molar-refractivity contribution in [3.8, 4) is 0 Å². The Bertz CT molecular complexity index is 180. The molecule has 1 rings (SSSR count). The molecule has 4 heteroatoms. The molecule has 0 saturated heterocycles. The minimum absolute atomic E-state index is 0.0938. The minimum atomic E-state index is -0.868. The number of methoxy groups -OCH3 is 1. The third-order valence-corrected chi connectivity index (χ3v) is 1.53. The highest BCUT2D eigenvalue weighted by atomic mass is 16.5. The van der Waals surface area contributed by atoms with Gasteiger partial charge in [0.1, 0.15) is 0 Å². The van der Waals surface area contributed by atoms with E-state index in [2.05, 4.69) is 4.74 Å². The topological polar surface area (TPSA) is 61.5 Å². The number of hydrogen-bond donors (Lipinski definition) is 1. The average molecular weight is 157 g/mol. The predicted octanol–water partition coefficient (Wildman–Crippen LogP) is 0.138. The van der Waals surface area contributed by atoms with Crippen LogP contribution in [0.5, 0.6) is 0 Å². The van der Waals surface area contributed by atoms with Gasteiger partial charge >= 0.3 is 5.97 Å². The standard InChI is InChI=1S/C7H11NO3/c1-10-6(9)5-7(8)3-2-4-11-7/h2,4H,3,5,8H2,1H3. The van der Waals surface area contributed by atoms with Crippen LogP contribution >= 0.6 is 0 Å². The van der Waals surface area contributed by atoms with Crippen LogP contribution < -0.4 is 5.73 Å². The van der Waals surface area contributed by atoms with Gasteiger partial charge in [-0.25, -0.2) is 0 Å². The molecule has 0 bridgehead atoms. The van der Waals surface area contributed by atoms with Crippen molar-refractivity contribution in [3.05, 3.63) is 12.3 Å². The summed E-state index contributed by atoms with van der Waals surface area (Å²) in [5.74, 6) is -0.351. The molecule has 0 aromatic heterocycles. The first kappa shape index (κ1) is 8.07. The predicted molar refractivity (Wildman–Crippen MR) is 38.4 cm³/mol. The van der Waals surface area contributed by atoms with Crippen molar-refractivity contribution in [2.24, 2.45) is 5.73 Å². The summed E-state index contributed by atoms with van der Waals surface area (Å²) in [7, 11) is 1.33. The van der Waals surface area contributed by atoms with Gasteiger partial charge in [-0.1, -0.05) is 0 Å². The van der Waals surface area contributed by atoms with Gasteiger partial charge in [-0.2, -0.15) is 0 Å². The number of esters is 1. The van der Waals surface area contributed by atoms with Gasteiger partial charge in [-0.15, -0.1) is 0 Å². The fourth-order valence-corrected chi connectivity index (χ4v) is 0.910. The summed E-state index contributed by atoms with van der Waals surface area (Å²) in [6, 6.07) is 0. The second kappa shape index (κ2) is 2.92. The normalized spacial score (nSPS) is 28.2. The van der Waals surface area contributed by atoms with Gasteiger partial charge in [0.2, 0.25) is 0 Å². The Morgan fingerprint density at radius 3 is 3.09 bits per heavy atom. The quantitative estimate of drug-likeness (QED) is 0.579. The SMILES string of the molecule is COC(=O)CC1(N)CC=CO1. The molecular formula is C7H11NO3. The second-order valence-electron chi connectivity index (χ2n) is 2.51. The van der Waals surface area contributed by atoms with Crippen molar-refractivity contribution in [3.63, 3.8) is 0 Å². The Hall–Kier alpha value is -1.03. The fourth-order valence-electron chi connectivity index (χ4n) is 0.910. The number of ether oxygens (including phenoxy) is 2. The first-order valence-corrected chi connectivity index (χ1v) is 3.35. The molecule has 1 aliphatic heterocycles. The largest absolute Gasteiger partial charge is 0.480 e. The van der Waals surface area contributed by atoms with Crippen LogP contribution in [-0.2, 0) is 14.3 Å². The van der Waals surface area contributed by atoms with Crippen LogP contribution in [-0.4, -0.2) is 18.8 Å². The number of rotatable bonds is 2. The van der Waals surface area contributed by atoms with Crippen molar-refractivity contribution >= 4 is 5.97 Å². The molecule has 0 aromatic rings. The van der Waals surface area contributed by atoms with Crippen LogP contribution in [0.1, 0.15) is 12.8 Å². The van der Waals surface area contributed by atoms with Crippen molar-refractivity contribution in [2.45, 2.75) is 18.6 Å². The molecule has 1 atom stereocenters. The van der Waals surface area contributed by atoms with E-state index in [1.165, 1.54) is 13.4 Å². The molecule has 1 heterocycles. The summed E-state index contributed by atoms with van der Waals surface area (Å²) in [6.45, 7) is 0. The smallest absolute Gasteiger partial charge is 0.311 e. The van der Waals surface area contributed by atoms with Gasteiger partial charge in [-0.05, 0) is 6.08 Å². The number of hydrogen-bond acceptors (Lipinski definition) is 4. The van der Waals surface area contributed by atoms with E-state index >= 15 is 0 Å². The molecule has 1 unspecified atom stereocenters. The van der Waals surface area contributed by atoms with Gasteiger partial charge in [0.25, 0.3) is 0 Å². The number of carbonyl (C=O) groups is 1. The molecule has 2 N–H and O–H groups in total. The summed E-state index contributed by atoms with van der Waals surface area (Å²) < 4.78 is 9.46. The zero-order chi connectivity index (χ0) is 8.32. The maximum absolute atomic E-state index is 10.8. The lowest BCUT2D eigenvalue weighted by atomic mass is 10.1. The maximum Gasteiger partial charge on any atom is 0.311 e. The second-order valence-corrected chi connectivity index (χ2v) is 2.51. The van der Waals surface area contributed by atoms with Crippen LogP contribution in [0, 0.1) is 0 Å². The van der Waals surface area contributed by atoms with Crippen LogP contribution in [0.3, 0.4) is 0 Å². The number of nitrogens with two attached hydrogens (primary N) is 1. The van der Waals surface area contributed by atoms with Crippen molar-refractivity contribution in [2.75, 3.05) is 7.11 Å². The van der Waals surface area contributed by atoms with E-state index in [0.29, 0.717) is 6.42 Å². The molecule has 62 valence electrons. The summed E-state index contributed by atoms with van der Waals surface area (Å²) >= 11 is 0. The third-order valence-electron chi connectivity index (χ3n) is 1.53. The lowest BCUT2D eigenvalue weighted by Crippen LogP contribution is -2.41. The molecule has 0 aliphatic carbocycles. The molecule has 0 amide bonds. The van der Waals surface area contributed by atoms with E-state index in [0.717, 1.165) is 0 Å². The van der Waals surface area contributed by atoms with E-state index in [1.807, 2.05) is 0 Å². The van der Waals surface area contributed by atoms with Gasteiger partial charge < -0.3 is 9.47 Å². The van der Waals surface area contributed by atoms with Crippen molar-refractivity contribution in [1.82, 2.24) is 0 Å². The highest BCUT2D eigenvalue weighted by Gasteiger charge is 2.31. The Balaban J connectivity index is 2.41. The van der Waals surface area contributed by atoms with Gasteiger partial charge in [0.05, 0.1) is 19.8 Å². The first-order chi connectivity index (χ1) is 5.16. The summed E-state index contributed by atoms with van der Waals surface area (Å²) in [4.78, 5) is 10.8. The highest BCUT2D eigenvalue weighted by Crippen LogP contribution is 2.21. The minimum Gasteiger partial charge on any atom is -0.480 e. The van der Waals surface area contributed by atoms with E-state index < -0.39 is 5.72 Å². The Labute approximate surface area is 65.0 Å². The Kier molecular flexibility index (Phi) is 2.14. The summed E-state index contributed by atoms with van der Waals surface area (Å²) in [5.41, 5.74) is 4.78. The third kappa shape index (κ3) is 1.94. The monoisotopic (exact) mass is 157 g/mol. The Morgan fingerprint density at radius 2 is 2.64 bits per heavy atom.